The van der Waals surface area contributed by atoms with Crippen molar-refractivity contribution in [3.05, 3.63) is 56.9 Å². The first-order valence-electron chi connectivity index (χ1n) is 9.84. The van der Waals surface area contributed by atoms with E-state index in [9.17, 15) is 4.79 Å². The van der Waals surface area contributed by atoms with E-state index in [1.165, 1.54) is 10.4 Å². The summed E-state index contributed by atoms with van der Waals surface area (Å²) in [5.74, 6) is 0.567. The average molecular weight is 394 g/mol. The summed E-state index contributed by atoms with van der Waals surface area (Å²) >= 11 is 1.72. The molecule has 0 fully saturated rings. The monoisotopic (exact) mass is 393 g/mol. The van der Waals surface area contributed by atoms with Crippen LogP contribution in [0.3, 0.4) is 0 Å². The van der Waals surface area contributed by atoms with Gasteiger partial charge in [0.25, 0.3) is 5.91 Å². The van der Waals surface area contributed by atoms with Gasteiger partial charge in [-0.3, -0.25) is 4.79 Å². The van der Waals surface area contributed by atoms with Gasteiger partial charge in [-0.25, -0.2) is 5.43 Å². The van der Waals surface area contributed by atoms with Crippen LogP contribution in [0.1, 0.15) is 59.2 Å². The van der Waals surface area contributed by atoms with E-state index in [1.54, 1.807) is 17.6 Å². The molecule has 0 saturated carbocycles. The van der Waals surface area contributed by atoms with E-state index in [0.29, 0.717) is 11.3 Å². The molecule has 0 bridgehead atoms. The minimum absolute atomic E-state index is 0.111. The van der Waals surface area contributed by atoms with Gasteiger partial charge in [-0.05, 0) is 49.1 Å². The van der Waals surface area contributed by atoms with E-state index in [4.69, 9.17) is 0 Å². The fourth-order valence-corrected chi connectivity index (χ4v) is 5.28. The third kappa shape index (κ3) is 3.51. The van der Waals surface area contributed by atoms with E-state index in [2.05, 4.69) is 42.3 Å². The number of nitrogens with zero attached hydrogens (tertiary/aromatic N) is 1. The van der Waals surface area contributed by atoms with Gasteiger partial charge in [0, 0.05) is 32.4 Å². The second-order valence-electron chi connectivity index (χ2n) is 8.77. The van der Waals surface area contributed by atoms with Gasteiger partial charge >= 0.3 is 0 Å². The predicted molar refractivity (Wildman–Crippen MR) is 117 cm³/mol. The van der Waals surface area contributed by atoms with Crippen LogP contribution in [-0.2, 0) is 12.8 Å². The summed E-state index contributed by atoms with van der Waals surface area (Å²) in [6.07, 6.45) is 4.94. The molecule has 4 nitrogen and oxygen atoms in total. The maximum absolute atomic E-state index is 12.7. The number of hydrogen-bond acceptors (Lipinski definition) is 3. The third-order valence-electron chi connectivity index (χ3n) is 5.93. The van der Waals surface area contributed by atoms with Crippen molar-refractivity contribution in [1.29, 1.82) is 0 Å². The summed E-state index contributed by atoms with van der Waals surface area (Å²) < 4.78 is 0. The number of hydrazone groups is 1. The molecule has 3 aromatic rings. The quantitative estimate of drug-likeness (QED) is 0.451. The molecule has 0 radical (unpaired) electrons. The van der Waals surface area contributed by atoms with Crippen LogP contribution in [0.2, 0.25) is 0 Å². The summed E-state index contributed by atoms with van der Waals surface area (Å²) in [5, 5.41) is 7.35. The van der Waals surface area contributed by atoms with Gasteiger partial charge in [-0.15, -0.1) is 11.3 Å². The lowest BCUT2D eigenvalue weighted by Crippen LogP contribution is -2.27. The fraction of sp³-hybridized carbons (Fsp3) is 0.391. The number of para-hydroxylation sites is 1. The topological polar surface area (TPSA) is 57.2 Å². The number of nitrogens with one attached hydrogen (secondary N) is 2. The van der Waals surface area contributed by atoms with Crippen LogP contribution in [0.15, 0.2) is 34.7 Å². The van der Waals surface area contributed by atoms with E-state index >= 15 is 0 Å². The molecular weight excluding hydrogens is 366 g/mol. The minimum atomic E-state index is -0.111. The number of H-pyrrole nitrogens is 1. The molecule has 2 heterocycles. The Balaban J connectivity index is 1.49. The number of benzene rings is 1. The number of aromatic nitrogens is 1. The van der Waals surface area contributed by atoms with Crippen molar-refractivity contribution in [2.45, 2.75) is 47.0 Å². The van der Waals surface area contributed by atoms with Crippen molar-refractivity contribution in [1.82, 2.24) is 10.4 Å². The van der Waals surface area contributed by atoms with E-state index in [-0.39, 0.29) is 5.91 Å². The Morgan fingerprint density at radius 2 is 2.11 bits per heavy atom. The minimum Gasteiger partial charge on any atom is -0.358 e. The van der Waals surface area contributed by atoms with Crippen LogP contribution in [0.4, 0.5) is 0 Å². The molecule has 5 heteroatoms. The summed E-state index contributed by atoms with van der Waals surface area (Å²) in [7, 11) is 0. The Morgan fingerprint density at radius 3 is 2.89 bits per heavy atom. The molecule has 4 rings (SSSR count). The summed E-state index contributed by atoms with van der Waals surface area (Å²) in [6, 6.07) is 8.11. The van der Waals surface area contributed by atoms with Crippen LogP contribution in [0.25, 0.3) is 10.9 Å². The number of hydrogen-bond donors (Lipinski definition) is 2. The molecule has 1 aromatic carbocycles. The number of amides is 1. The molecule has 0 unspecified atom stereocenters. The molecule has 28 heavy (non-hydrogen) atoms. The van der Waals surface area contributed by atoms with Crippen molar-refractivity contribution in [2.75, 3.05) is 0 Å². The van der Waals surface area contributed by atoms with Gasteiger partial charge in [-0.1, -0.05) is 39.0 Å². The lowest BCUT2D eigenvalue weighted by atomic mass is 9.72. The van der Waals surface area contributed by atoms with Gasteiger partial charge < -0.3 is 4.98 Å². The van der Waals surface area contributed by atoms with E-state index in [1.807, 2.05) is 30.5 Å². The lowest BCUT2D eigenvalue weighted by molar-refractivity contribution is 0.0954. The standard InChI is InChI=1S/C23H27N3OS/c1-14-18(16-7-5-6-8-20(16)25-14)12-24-26-22(27)19-13-28-21-11-15(23(2,3)4)9-10-17(19)21/h5-8,12-13,15,25H,9-11H2,1-4H3,(H,26,27)/b24-12-/t15-/m1/s1. The maximum atomic E-state index is 12.7. The first-order valence-corrected chi connectivity index (χ1v) is 10.7. The van der Waals surface area contributed by atoms with Crippen molar-refractivity contribution in [3.63, 3.8) is 0 Å². The number of carbonyl (C=O) groups is 1. The number of rotatable bonds is 3. The average Bonchev–Trinajstić information content (AvgIpc) is 3.21. The number of fused-ring (bicyclic) bond motifs is 2. The summed E-state index contributed by atoms with van der Waals surface area (Å²) in [5.41, 5.74) is 8.19. The Bertz CT molecular complexity index is 1050. The van der Waals surface area contributed by atoms with Crippen LogP contribution < -0.4 is 5.43 Å². The van der Waals surface area contributed by atoms with E-state index < -0.39 is 0 Å². The van der Waals surface area contributed by atoms with Crippen molar-refractivity contribution in [2.24, 2.45) is 16.4 Å². The van der Waals surface area contributed by atoms with Gasteiger partial charge in [-0.2, -0.15) is 5.10 Å². The van der Waals surface area contributed by atoms with Crippen molar-refractivity contribution < 1.29 is 4.79 Å². The molecule has 1 aliphatic carbocycles. The molecule has 2 aromatic heterocycles. The highest BCUT2D eigenvalue weighted by Gasteiger charge is 2.31. The molecule has 1 aliphatic rings. The second-order valence-corrected chi connectivity index (χ2v) is 9.73. The fourth-order valence-electron chi connectivity index (χ4n) is 4.12. The zero-order valence-electron chi connectivity index (χ0n) is 16.9. The Kier molecular flexibility index (Phi) is 4.88. The van der Waals surface area contributed by atoms with Crippen molar-refractivity contribution >= 4 is 34.4 Å². The van der Waals surface area contributed by atoms with Crippen LogP contribution in [0, 0.1) is 18.3 Å². The zero-order valence-corrected chi connectivity index (χ0v) is 17.7. The number of aromatic amines is 1. The van der Waals surface area contributed by atoms with Gasteiger partial charge in [0.05, 0.1) is 11.8 Å². The third-order valence-corrected chi connectivity index (χ3v) is 6.98. The highest BCUT2D eigenvalue weighted by Crippen LogP contribution is 2.40. The molecule has 0 saturated heterocycles. The molecule has 0 spiro atoms. The van der Waals surface area contributed by atoms with Gasteiger partial charge in [0.15, 0.2) is 0 Å². The molecule has 2 N–H and O–H groups in total. The largest absolute Gasteiger partial charge is 0.358 e. The molecule has 146 valence electrons. The zero-order chi connectivity index (χ0) is 19.9. The van der Waals surface area contributed by atoms with Gasteiger partial charge in [0.1, 0.15) is 0 Å². The smallest absolute Gasteiger partial charge is 0.272 e. The van der Waals surface area contributed by atoms with Crippen LogP contribution in [0.5, 0.6) is 0 Å². The first-order chi connectivity index (χ1) is 13.3. The maximum Gasteiger partial charge on any atom is 0.272 e. The predicted octanol–water partition coefficient (Wildman–Crippen LogP) is 5.45. The first kappa shape index (κ1) is 18.9. The number of carbonyl (C=O) groups excluding carboxylic acids is 1. The lowest BCUT2D eigenvalue weighted by Gasteiger charge is -2.33. The van der Waals surface area contributed by atoms with Gasteiger partial charge in [0.2, 0.25) is 0 Å². The highest BCUT2D eigenvalue weighted by molar-refractivity contribution is 7.10. The molecule has 1 atom stereocenters. The van der Waals surface area contributed by atoms with E-state index in [0.717, 1.165) is 47.0 Å². The molecule has 1 amide bonds. The SMILES string of the molecule is Cc1[nH]c2ccccc2c1/C=N\NC(=O)c1csc2c1CC[C@@H](C(C)(C)C)C2. The summed E-state index contributed by atoms with van der Waals surface area (Å²) in [4.78, 5) is 17.4. The number of thiophene rings is 1. The normalized spacial score (nSPS) is 17.2. The Morgan fingerprint density at radius 1 is 1.32 bits per heavy atom. The molecular formula is C23H27N3OS. The number of aryl methyl sites for hydroxylation is 1. The Labute approximate surface area is 170 Å². The van der Waals surface area contributed by atoms with Crippen molar-refractivity contribution in [3.8, 4) is 0 Å². The highest BCUT2D eigenvalue weighted by atomic mass is 32.1. The van der Waals surface area contributed by atoms with Crippen LogP contribution >= 0.6 is 11.3 Å². The Hall–Kier alpha value is -2.40. The van der Waals surface area contributed by atoms with Crippen LogP contribution in [-0.4, -0.2) is 17.1 Å². The summed E-state index contributed by atoms with van der Waals surface area (Å²) in [6.45, 7) is 8.95. The second kappa shape index (κ2) is 7.21. The molecule has 0 aliphatic heterocycles.